The van der Waals surface area contributed by atoms with Crippen LogP contribution in [0.5, 0.6) is 0 Å². The molecule has 0 bridgehead atoms. The molecule has 0 N–H and O–H groups in total. The van der Waals surface area contributed by atoms with Gasteiger partial charge in [0, 0.05) is 45.0 Å². The number of halogens is 3. The number of nitrogens with zero attached hydrogens (tertiary/aromatic N) is 6. The lowest BCUT2D eigenvalue weighted by Gasteiger charge is -2.50. The predicted molar refractivity (Wildman–Crippen MR) is 108 cm³/mol. The Hall–Kier alpha value is -2.62. The molecule has 1 spiro atoms. The van der Waals surface area contributed by atoms with Crippen molar-refractivity contribution >= 4 is 11.7 Å². The molecule has 2 aromatic rings. The number of anilines is 1. The average molecular weight is 434 g/mol. The summed E-state index contributed by atoms with van der Waals surface area (Å²) in [6, 6.07) is 3.94. The molecular formula is C21H25F3N6O. The summed E-state index contributed by atoms with van der Waals surface area (Å²) >= 11 is 0. The van der Waals surface area contributed by atoms with Crippen LogP contribution >= 0.6 is 0 Å². The first-order valence-electron chi connectivity index (χ1n) is 10.7. The van der Waals surface area contributed by atoms with Gasteiger partial charge in [-0.3, -0.25) is 4.90 Å². The van der Waals surface area contributed by atoms with Crippen LogP contribution in [0.4, 0.5) is 23.7 Å². The van der Waals surface area contributed by atoms with Crippen molar-refractivity contribution in [3.8, 4) is 0 Å². The van der Waals surface area contributed by atoms with Gasteiger partial charge in [-0.1, -0.05) is 6.07 Å². The smallest absolute Gasteiger partial charge is 0.371 e. The highest BCUT2D eigenvalue weighted by molar-refractivity contribution is 5.77. The molecule has 5 rings (SSSR count). The van der Waals surface area contributed by atoms with Gasteiger partial charge in [-0.05, 0) is 43.4 Å². The van der Waals surface area contributed by atoms with Crippen molar-refractivity contribution < 1.29 is 18.0 Å². The molecule has 166 valence electrons. The fourth-order valence-electron chi connectivity index (χ4n) is 5.14. The zero-order chi connectivity index (χ0) is 21.6. The SMILES string of the molecule is O=C(N1CCC12CCN(Cc1ccc(C(F)(F)F)cc1N1CCCC1)C2)n1cncn1. The molecule has 3 saturated heterocycles. The third-order valence-electron chi connectivity index (χ3n) is 6.88. The number of benzene rings is 1. The standard InChI is InChI=1S/C21H25F3N6O/c22-21(23,24)17-4-3-16(18(11-17)28-7-1-2-8-28)12-27-9-5-20(13-27)6-10-29(20)19(31)30-15-25-14-26-30/h3-4,11,14-15H,1-2,5-10,12-13H2. The zero-order valence-corrected chi connectivity index (χ0v) is 17.2. The van der Waals surface area contributed by atoms with Crippen LogP contribution in [-0.4, -0.2) is 68.9 Å². The molecule has 0 aliphatic carbocycles. The van der Waals surface area contributed by atoms with Crippen LogP contribution in [0.2, 0.25) is 0 Å². The summed E-state index contributed by atoms with van der Waals surface area (Å²) in [5.41, 5.74) is 0.792. The first-order valence-corrected chi connectivity index (χ1v) is 10.7. The largest absolute Gasteiger partial charge is 0.416 e. The Morgan fingerprint density at radius 2 is 1.87 bits per heavy atom. The Morgan fingerprint density at radius 1 is 1.10 bits per heavy atom. The van der Waals surface area contributed by atoms with Crippen molar-refractivity contribution in [2.75, 3.05) is 37.6 Å². The van der Waals surface area contributed by atoms with E-state index in [1.54, 1.807) is 6.07 Å². The van der Waals surface area contributed by atoms with E-state index in [9.17, 15) is 18.0 Å². The van der Waals surface area contributed by atoms with E-state index < -0.39 is 11.7 Å². The lowest BCUT2D eigenvalue weighted by Crippen LogP contribution is -2.64. The maximum Gasteiger partial charge on any atom is 0.416 e. The van der Waals surface area contributed by atoms with E-state index in [0.717, 1.165) is 50.9 Å². The van der Waals surface area contributed by atoms with Crippen molar-refractivity contribution in [3.05, 3.63) is 42.0 Å². The number of rotatable bonds is 3. The molecule has 1 aromatic carbocycles. The van der Waals surface area contributed by atoms with Gasteiger partial charge >= 0.3 is 12.2 Å². The summed E-state index contributed by atoms with van der Waals surface area (Å²) < 4.78 is 41.2. The van der Waals surface area contributed by atoms with Gasteiger partial charge in [0.05, 0.1) is 11.1 Å². The quantitative estimate of drug-likeness (QED) is 0.743. The molecule has 1 amide bonds. The molecule has 1 aromatic heterocycles. The third kappa shape index (κ3) is 3.66. The summed E-state index contributed by atoms with van der Waals surface area (Å²) in [6.07, 6.45) is 2.19. The van der Waals surface area contributed by atoms with E-state index in [4.69, 9.17) is 0 Å². The predicted octanol–water partition coefficient (Wildman–Crippen LogP) is 3.22. The Kier molecular flexibility index (Phi) is 4.91. The summed E-state index contributed by atoms with van der Waals surface area (Å²) in [7, 11) is 0. The number of amides is 1. The molecule has 7 nitrogen and oxygen atoms in total. The first-order chi connectivity index (χ1) is 14.9. The van der Waals surface area contributed by atoms with Crippen molar-refractivity contribution in [3.63, 3.8) is 0 Å². The van der Waals surface area contributed by atoms with E-state index in [-0.39, 0.29) is 11.6 Å². The van der Waals surface area contributed by atoms with E-state index in [0.29, 0.717) is 25.3 Å². The number of likely N-dealkylation sites (tertiary alicyclic amines) is 2. The fraction of sp³-hybridized carbons (Fsp3) is 0.571. The van der Waals surface area contributed by atoms with E-state index >= 15 is 0 Å². The van der Waals surface area contributed by atoms with Gasteiger partial charge < -0.3 is 9.80 Å². The summed E-state index contributed by atoms with van der Waals surface area (Å²) in [5, 5.41) is 3.95. The highest BCUT2D eigenvalue weighted by Crippen LogP contribution is 2.41. The lowest BCUT2D eigenvalue weighted by atomic mass is 9.84. The molecular weight excluding hydrogens is 409 g/mol. The number of alkyl halides is 3. The van der Waals surface area contributed by atoms with Crippen LogP contribution in [0, 0.1) is 0 Å². The molecule has 0 radical (unpaired) electrons. The second kappa shape index (κ2) is 7.51. The second-order valence-electron chi connectivity index (χ2n) is 8.74. The molecule has 3 aliphatic heterocycles. The molecule has 31 heavy (non-hydrogen) atoms. The number of hydrogen-bond donors (Lipinski definition) is 0. The monoisotopic (exact) mass is 434 g/mol. The van der Waals surface area contributed by atoms with Gasteiger partial charge in [0.25, 0.3) is 0 Å². The second-order valence-corrected chi connectivity index (χ2v) is 8.74. The van der Waals surface area contributed by atoms with Crippen molar-refractivity contribution in [2.24, 2.45) is 0 Å². The van der Waals surface area contributed by atoms with E-state index in [1.807, 2.05) is 4.90 Å². The highest BCUT2D eigenvalue weighted by atomic mass is 19.4. The minimum absolute atomic E-state index is 0.169. The van der Waals surface area contributed by atoms with Crippen molar-refractivity contribution in [2.45, 2.75) is 43.9 Å². The van der Waals surface area contributed by atoms with Gasteiger partial charge in [0.2, 0.25) is 0 Å². The Labute approximate surface area is 178 Å². The van der Waals surface area contributed by atoms with Crippen molar-refractivity contribution in [1.82, 2.24) is 24.6 Å². The Morgan fingerprint density at radius 3 is 2.52 bits per heavy atom. The third-order valence-corrected chi connectivity index (χ3v) is 6.88. The molecule has 0 saturated carbocycles. The van der Waals surface area contributed by atoms with E-state index in [1.165, 1.54) is 29.5 Å². The normalized spacial score (nSPS) is 24.2. The number of aromatic nitrogens is 3. The summed E-state index contributed by atoms with van der Waals surface area (Å²) in [6.45, 7) is 4.37. The molecule has 4 heterocycles. The minimum atomic E-state index is -4.35. The average Bonchev–Trinajstić information content (AvgIpc) is 3.48. The van der Waals surface area contributed by atoms with Crippen LogP contribution < -0.4 is 4.90 Å². The molecule has 10 heteroatoms. The lowest BCUT2D eigenvalue weighted by molar-refractivity contribution is -0.137. The van der Waals surface area contributed by atoms with E-state index in [2.05, 4.69) is 19.9 Å². The maximum absolute atomic E-state index is 13.3. The fourth-order valence-corrected chi connectivity index (χ4v) is 5.14. The van der Waals surface area contributed by atoms with Gasteiger partial charge in [0.1, 0.15) is 12.7 Å². The number of hydrogen-bond acceptors (Lipinski definition) is 5. The molecule has 1 atom stereocenters. The molecule has 3 aliphatic rings. The van der Waals surface area contributed by atoms with Crippen LogP contribution in [0.3, 0.4) is 0 Å². The topological polar surface area (TPSA) is 57.5 Å². The maximum atomic E-state index is 13.3. The van der Waals surface area contributed by atoms with Crippen LogP contribution in [-0.2, 0) is 12.7 Å². The number of carbonyl (C=O) groups is 1. The van der Waals surface area contributed by atoms with Gasteiger partial charge in [-0.2, -0.15) is 23.0 Å². The molecule has 1 unspecified atom stereocenters. The van der Waals surface area contributed by atoms with Gasteiger partial charge in [-0.15, -0.1) is 0 Å². The van der Waals surface area contributed by atoms with Crippen LogP contribution in [0.1, 0.15) is 36.8 Å². The van der Waals surface area contributed by atoms with Gasteiger partial charge in [-0.25, -0.2) is 9.78 Å². The van der Waals surface area contributed by atoms with Crippen LogP contribution in [0.25, 0.3) is 0 Å². The first kappa shape index (κ1) is 20.3. The van der Waals surface area contributed by atoms with Crippen molar-refractivity contribution in [1.29, 1.82) is 0 Å². The Balaban J connectivity index is 1.33. The summed E-state index contributed by atoms with van der Waals surface area (Å²) in [5.74, 6) is 0. The van der Waals surface area contributed by atoms with Gasteiger partial charge in [0.15, 0.2) is 0 Å². The number of carbonyl (C=O) groups excluding carboxylic acids is 1. The van der Waals surface area contributed by atoms with Crippen LogP contribution in [0.15, 0.2) is 30.9 Å². The zero-order valence-electron chi connectivity index (χ0n) is 17.2. The Bertz CT molecular complexity index is 957. The summed E-state index contributed by atoms with van der Waals surface area (Å²) in [4.78, 5) is 22.8. The molecule has 3 fully saturated rings. The minimum Gasteiger partial charge on any atom is -0.371 e. The highest BCUT2D eigenvalue weighted by Gasteiger charge is 2.52.